The highest BCUT2D eigenvalue weighted by molar-refractivity contribution is 5.80. The molecule has 1 atom stereocenters. The molecule has 1 unspecified atom stereocenters. The zero-order chi connectivity index (χ0) is 13.1. The number of rotatable bonds is 3. The van der Waals surface area contributed by atoms with Crippen LogP contribution in [0.25, 0.3) is 10.9 Å². The van der Waals surface area contributed by atoms with Gasteiger partial charge in [-0.1, -0.05) is 0 Å². The van der Waals surface area contributed by atoms with Gasteiger partial charge in [-0.2, -0.15) is 5.26 Å². The molecule has 0 saturated heterocycles. The molecule has 3 N–H and O–H groups in total. The van der Waals surface area contributed by atoms with Crippen LogP contribution in [-0.4, -0.2) is 18.1 Å². The maximum Gasteiger partial charge on any atom is 0.251 e. The van der Waals surface area contributed by atoms with E-state index in [0.717, 1.165) is 10.9 Å². The van der Waals surface area contributed by atoms with Gasteiger partial charge in [-0.3, -0.25) is 4.79 Å². The van der Waals surface area contributed by atoms with Crippen LogP contribution in [-0.2, 0) is 6.42 Å². The smallest absolute Gasteiger partial charge is 0.251 e. The number of H-pyrrole nitrogens is 1. The van der Waals surface area contributed by atoms with Crippen LogP contribution in [0.15, 0.2) is 29.1 Å². The first-order valence-electron chi connectivity index (χ1n) is 5.49. The second-order valence-corrected chi connectivity index (χ2v) is 4.02. The molecular weight excluding hydrogens is 230 g/mol. The summed E-state index contributed by atoms with van der Waals surface area (Å²) in [7, 11) is 1.58. The fraction of sp³-hybridized carbons (Fsp3) is 0.231. The topological polar surface area (TPSA) is 91.9 Å². The molecule has 1 heterocycles. The summed E-state index contributed by atoms with van der Waals surface area (Å²) in [6, 6.07) is 8.37. The number of nitrogens with one attached hydrogen (secondary N) is 1. The molecule has 2 rings (SSSR count). The van der Waals surface area contributed by atoms with Gasteiger partial charge >= 0.3 is 0 Å². The Morgan fingerprint density at radius 1 is 1.50 bits per heavy atom. The number of pyridine rings is 1. The van der Waals surface area contributed by atoms with Crippen LogP contribution in [0.5, 0.6) is 5.75 Å². The van der Waals surface area contributed by atoms with E-state index in [-0.39, 0.29) is 12.0 Å². The van der Waals surface area contributed by atoms with Gasteiger partial charge < -0.3 is 15.5 Å². The number of ether oxygens (including phenoxy) is 1. The number of nitrogens with two attached hydrogens (primary N) is 1. The van der Waals surface area contributed by atoms with E-state index >= 15 is 0 Å². The molecule has 0 aliphatic heterocycles. The van der Waals surface area contributed by atoms with Crippen LogP contribution in [0.2, 0.25) is 0 Å². The van der Waals surface area contributed by atoms with Gasteiger partial charge in [0.25, 0.3) is 5.56 Å². The van der Waals surface area contributed by atoms with Gasteiger partial charge in [-0.25, -0.2) is 0 Å². The van der Waals surface area contributed by atoms with Crippen molar-refractivity contribution in [1.82, 2.24) is 4.98 Å². The first kappa shape index (κ1) is 12.1. The number of nitrogens with zero attached hydrogens (tertiary/aromatic N) is 1. The Morgan fingerprint density at radius 3 is 2.94 bits per heavy atom. The van der Waals surface area contributed by atoms with Crippen molar-refractivity contribution in [3.8, 4) is 11.8 Å². The van der Waals surface area contributed by atoms with E-state index in [1.165, 1.54) is 0 Å². The second kappa shape index (κ2) is 4.90. The van der Waals surface area contributed by atoms with Gasteiger partial charge in [0, 0.05) is 22.9 Å². The minimum atomic E-state index is -0.672. The highest BCUT2D eigenvalue weighted by atomic mass is 16.5. The molecule has 0 aliphatic rings. The molecule has 5 heteroatoms. The molecule has 18 heavy (non-hydrogen) atoms. The fourth-order valence-corrected chi connectivity index (χ4v) is 1.79. The van der Waals surface area contributed by atoms with Crippen molar-refractivity contribution in [3.05, 3.63) is 40.2 Å². The molecule has 0 amide bonds. The first-order valence-corrected chi connectivity index (χ1v) is 5.49. The predicted molar refractivity (Wildman–Crippen MR) is 68.4 cm³/mol. The molecule has 5 nitrogen and oxygen atoms in total. The average molecular weight is 243 g/mol. The molecular formula is C13H13N3O2. The van der Waals surface area contributed by atoms with Crippen molar-refractivity contribution in [2.24, 2.45) is 5.73 Å². The Labute approximate surface area is 104 Å². The largest absolute Gasteiger partial charge is 0.497 e. The normalized spacial score (nSPS) is 12.1. The SMILES string of the molecule is COc1ccc2[nH]c(=O)c(CC(N)C#N)cc2c1. The van der Waals surface area contributed by atoms with E-state index in [0.29, 0.717) is 11.3 Å². The lowest BCUT2D eigenvalue weighted by atomic mass is 10.1. The third kappa shape index (κ3) is 2.34. The molecule has 1 aromatic carbocycles. The lowest BCUT2D eigenvalue weighted by molar-refractivity contribution is 0.415. The van der Waals surface area contributed by atoms with Crippen molar-refractivity contribution in [2.75, 3.05) is 7.11 Å². The number of aromatic amines is 1. The number of fused-ring (bicyclic) bond motifs is 1. The van der Waals surface area contributed by atoms with Crippen molar-refractivity contribution in [1.29, 1.82) is 5.26 Å². The number of nitriles is 1. The molecule has 0 bridgehead atoms. The van der Waals surface area contributed by atoms with E-state index in [9.17, 15) is 4.79 Å². The highest BCUT2D eigenvalue weighted by Crippen LogP contribution is 2.18. The monoisotopic (exact) mass is 243 g/mol. The number of hydrogen-bond donors (Lipinski definition) is 2. The van der Waals surface area contributed by atoms with Gasteiger partial charge in [0.2, 0.25) is 0 Å². The summed E-state index contributed by atoms with van der Waals surface area (Å²) in [5.41, 5.74) is 6.56. The minimum Gasteiger partial charge on any atom is -0.497 e. The van der Waals surface area contributed by atoms with Crippen molar-refractivity contribution >= 4 is 10.9 Å². The van der Waals surface area contributed by atoms with E-state index in [2.05, 4.69) is 4.98 Å². The highest BCUT2D eigenvalue weighted by Gasteiger charge is 2.08. The van der Waals surface area contributed by atoms with Gasteiger partial charge in [0.05, 0.1) is 19.2 Å². The second-order valence-electron chi connectivity index (χ2n) is 4.02. The summed E-state index contributed by atoms with van der Waals surface area (Å²) >= 11 is 0. The third-order valence-electron chi connectivity index (χ3n) is 2.73. The summed E-state index contributed by atoms with van der Waals surface area (Å²) in [5, 5.41) is 9.53. The molecule has 0 aliphatic carbocycles. The van der Waals surface area contributed by atoms with Crippen LogP contribution < -0.4 is 16.0 Å². The maximum atomic E-state index is 11.8. The van der Waals surface area contributed by atoms with Gasteiger partial charge in [-0.15, -0.1) is 0 Å². The van der Waals surface area contributed by atoms with Gasteiger partial charge in [0.15, 0.2) is 0 Å². The molecule has 0 spiro atoms. The Balaban J connectivity index is 2.52. The zero-order valence-electron chi connectivity index (χ0n) is 9.93. The fourth-order valence-electron chi connectivity index (χ4n) is 1.79. The average Bonchev–Trinajstić information content (AvgIpc) is 2.39. The van der Waals surface area contributed by atoms with Crippen LogP contribution >= 0.6 is 0 Å². The molecule has 1 aromatic heterocycles. The Bertz CT molecular complexity index is 670. The van der Waals surface area contributed by atoms with Crippen LogP contribution in [0.1, 0.15) is 5.56 Å². The van der Waals surface area contributed by atoms with Crippen LogP contribution in [0.3, 0.4) is 0 Å². The standard InChI is InChI=1S/C13H13N3O2/c1-18-11-2-3-12-8(6-11)4-9(13(17)16-12)5-10(15)7-14/h2-4,6,10H,5,15H2,1H3,(H,16,17). The summed E-state index contributed by atoms with van der Waals surface area (Å²) < 4.78 is 5.13. The lowest BCUT2D eigenvalue weighted by Gasteiger charge is -2.06. The minimum absolute atomic E-state index is 0.210. The summed E-state index contributed by atoms with van der Waals surface area (Å²) in [6.45, 7) is 0. The Hall–Kier alpha value is -2.32. The number of benzene rings is 1. The maximum absolute atomic E-state index is 11.8. The predicted octanol–water partition coefficient (Wildman–Crippen LogP) is 0.930. The molecule has 92 valence electrons. The quantitative estimate of drug-likeness (QED) is 0.838. The zero-order valence-corrected chi connectivity index (χ0v) is 9.93. The van der Waals surface area contributed by atoms with Crippen LogP contribution in [0, 0.1) is 11.3 Å². The van der Waals surface area contributed by atoms with Crippen molar-refractivity contribution in [2.45, 2.75) is 12.5 Å². The van der Waals surface area contributed by atoms with Crippen LogP contribution in [0.4, 0.5) is 0 Å². The van der Waals surface area contributed by atoms with Gasteiger partial charge in [0.1, 0.15) is 5.75 Å². The lowest BCUT2D eigenvalue weighted by Crippen LogP contribution is -2.25. The van der Waals surface area contributed by atoms with Crippen molar-refractivity contribution < 1.29 is 4.74 Å². The molecule has 0 saturated carbocycles. The van der Waals surface area contributed by atoms with E-state index in [1.807, 2.05) is 12.1 Å². The Kier molecular flexibility index (Phi) is 3.31. The van der Waals surface area contributed by atoms with E-state index in [4.69, 9.17) is 15.7 Å². The number of aromatic nitrogens is 1. The van der Waals surface area contributed by atoms with E-state index < -0.39 is 6.04 Å². The third-order valence-corrected chi connectivity index (χ3v) is 2.73. The number of hydrogen-bond acceptors (Lipinski definition) is 4. The molecule has 2 aromatic rings. The van der Waals surface area contributed by atoms with E-state index in [1.54, 1.807) is 25.3 Å². The summed E-state index contributed by atoms with van der Waals surface area (Å²) in [6.07, 6.45) is 0.235. The molecule has 0 fully saturated rings. The summed E-state index contributed by atoms with van der Waals surface area (Å²) in [5.74, 6) is 0.713. The first-order chi connectivity index (χ1) is 8.63. The summed E-state index contributed by atoms with van der Waals surface area (Å²) in [4.78, 5) is 14.6. The van der Waals surface area contributed by atoms with Crippen molar-refractivity contribution in [3.63, 3.8) is 0 Å². The molecule has 0 radical (unpaired) electrons. The number of methoxy groups -OCH3 is 1. The Morgan fingerprint density at radius 2 is 2.28 bits per heavy atom. The van der Waals surface area contributed by atoms with Gasteiger partial charge in [-0.05, 0) is 24.3 Å².